The lowest BCUT2D eigenvalue weighted by Gasteiger charge is -2.21. The lowest BCUT2D eigenvalue weighted by Crippen LogP contribution is -2.33. The molecule has 0 aromatic heterocycles. The second-order valence-electron chi connectivity index (χ2n) is 4.19. The summed E-state index contributed by atoms with van der Waals surface area (Å²) in [6.45, 7) is 4.19. The highest BCUT2D eigenvalue weighted by atomic mass is 16.5. The van der Waals surface area contributed by atoms with E-state index in [1.165, 1.54) is 0 Å². The SMILES string of the molecule is CCN(Cc1ccc(N)cc1)C(=O)COCCOC. The zero-order chi connectivity index (χ0) is 14.1. The van der Waals surface area contributed by atoms with Crippen LogP contribution in [0.15, 0.2) is 24.3 Å². The van der Waals surface area contributed by atoms with Crippen molar-refractivity contribution in [1.29, 1.82) is 0 Å². The van der Waals surface area contributed by atoms with E-state index >= 15 is 0 Å². The molecule has 106 valence electrons. The lowest BCUT2D eigenvalue weighted by atomic mass is 10.2. The van der Waals surface area contributed by atoms with Crippen LogP contribution in [-0.2, 0) is 20.8 Å². The molecule has 0 aliphatic rings. The number of nitrogens with two attached hydrogens (primary N) is 1. The van der Waals surface area contributed by atoms with Crippen LogP contribution >= 0.6 is 0 Å². The maximum atomic E-state index is 11.9. The quantitative estimate of drug-likeness (QED) is 0.568. The number of ether oxygens (including phenoxy) is 2. The number of benzene rings is 1. The fourth-order valence-electron chi connectivity index (χ4n) is 1.61. The van der Waals surface area contributed by atoms with Crippen LogP contribution in [-0.4, -0.2) is 44.3 Å². The minimum atomic E-state index is -0.0181. The number of nitrogen functional groups attached to an aromatic ring is 1. The minimum absolute atomic E-state index is 0.0181. The normalized spacial score (nSPS) is 10.4. The van der Waals surface area contributed by atoms with E-state index in [0.29, 0.717) is 26.3 Å². The van der Waals surface area contributed by atoms with E-state index in [0.717, 1.165) is 11.3 Å². The van der Waals surface area contributed by atoms with Crippen LogP contribution in [0.3, 0.4) is 0 Å². The van der Waals surface area contributed by atoms with Gasteiger partial charge in [-0.05, 0) is 24.6 Å². The van der Waals surface area contributed by atoms with Crippen LogP contribution in [0.4, 0.5) is 5.69 Å². The van der Waals surface area contributed by atoms with Gasteiger partial charge in [-0.2, -0.15) is 0 Å². The summed E-state index contributed by atoms with van der Waals surface area (Å²) >= 11 is 0. The van der Waals surface area contributed by atoms with E-state index in [9.17, 15) is 4.79 Å². The summed E-state index contributed by atoms with van der Waals surface area (Å²) in [7, 11) is 1.60. The maximum Gasteiger partial charge on any atom is 0.248 e. The average Bonchev–Trinajstić information content (AvgIpc) is 2.42. The first-order valence-electron chi connectivity index (χ1n) is 6.36. The zero-order valence-corrected chi connectivity index (χ0v) is 11.6. The maximum absolute atomic E-state index is 11.9. The van der Waals surface area contributed by atoms with Crippen LogP contribution in [0.25, 0.3) is 0 Å². The van der Waals surface area contributed by atoms with E-state index in [4.69, 9.17) is 15.2 Å². The van der Waals surface area contributed by atoms with Crippen molar-refractivity contribution < 1.29 is 14.3 Å². The van der Waals surface area contributed by atoms with Crippen LogP contribution < -0.4 is 5.73 Å². The average molecular weight is 266 g/mol. The Morgan fingerprint density at radius 1 is 1.26 bits per heavy atom. The number of hydrogen-bond donors (Lipinski definition) is 1. The smallest absolute Gasteiger partial charge is 0.248 e. The van der Waals surface area contributed by atoms with Gasteiger partial charge in [-0.3, -0.25) is 4.79 Å². The molecule has 5 heteroatoms. The standard InChI is InChI=1S/C14H22N2O3/c1-3-16(14(17)11-19-9-8-18-2)10-12-4-6-13(15)7-5-12/h4-7H,3,8-11,15H2,1-2H3. The number of carbonyl (C=O) groups excluding carboxylic acids is 1. The molecule has 1 aromatic carbocycles. The first kappa shape index (κ1) is 15.5. The van der Waals surface area contributed by atoms with Crippen molar-refractivity contribution in [2.24, 2.45) is 0 Å². The minimum Gasteiger partial charge on any atom is -0.399 e. The highest BCUT2D eigenvalue weighted by Crippen LogP contribution is 2.08. The fraction of sp³-hybridized carbons (Fsp3) is 0.500. The molecular formula is C14H22N2O3. The van der Waals surface area contributed by atoms with Gasteiger partial charge in [-0.15, -0.1) is 0 Å². The lowest BCUT2D eigenvalue weighted by molar-refractivity contribution is -0.137. The second kappa shape index (κ2) is 8.50. The molecule has 0 saturated carbocycles. The Hall–Kier alpha value is -1.59. The summed E-state index contributed by atoms with van der Waals surface area (Å²) in [5, 5.41) is 0. The molecule has 0 bridgehead atoms. The molecule has 0 aliphatic carbocycles. The monoisotopic (exact) mass is 266 g/mol. The summed E-state index contributed by atoms with van der Waals surface area (Å²) < 4.78 is 10.1. The van der Waals surface area contributed by atoms with Crippen LogP contribution in [0.5, 0.6) is 0 Å². The number of anilines is 1. The molecule has 0 fully saturated rings. The Bertz CT molecular complexity index is 379. The molecule has 0 atom stereocenters. The predicted octanol–water partition coefficient (Wildman–Crippen LogP) is 1.28. The van der Waals surface area contributed by atoms with Gasteiger partial charge in [-0.1, -0.05) is 12.1 Å². The third kappa shape index (κ3) is 5.72. The van der Waals surface area contributed by atoms with Crippen LogP contribution in [0.1, 0.15) is 12.5 Å². The van der Waals surface area contributed by atoms with Gasteiger partial charge in [-0.25, -0.2) is 0 Å². The number of hydrogen-bond acceptors (Lipinski definition) is 4. The highest BCUT2D eigenvalue weighted by molar-refractivity contribution is 5.77. The van der Waals surface area contributed by atoms with Crippen molar-refractivity contribution in [2.75, 3.05) is 39.2 Å². The van der Waals surface area contributed by atoms with E-state index < -0.39 is 0 Å². The Morgan fingerprint density at radius 3 is 2.53 bits per heavy atom. The molecule has 1 rings (SSSR count). The number of likely N-dealkylation sites (N-methyl/N-ethyl adjacent to an activating group) is 1. The molecule has 1 aromatic rings. The van der Waals surface area contributed by atoms with Crippen molar-refractivity contribution in [2.45, 2.75) is 13.5 Å². The molecule has 0 radical (unpaired) electrons. The van der Waals surface area contributed by atoms with Gasteiger partial charge in [0, 0.05) is 25.9 Å². The van der Waals surface area contributed by atoms with Crippen molar-refractivity contribution in [3.63, 3.8) is 0 Å². The molecular weight excluding hydrogens is 244 g/mol. The fourth-order valence-corrected chi connectivity index (χ4v) is 1.61. The third-order valence-electron chi connectivity index (χ3n) is 2.74. The molecule has 19 heavy (non-hydrogen) atoms. The first-order chi connectivity index (χ1) is 9.17. The molecule has 0 spiro atoms. The number of methoxy groups -OCH3 is 1. The van der Waals surface area contributed by atoms with Crippen molar-refractivity contribution >= 4 is 11.6 Å². The molecule has 0 saturated heterocycles. The first-order valence-corrected chi connectivity index (χ1v) is 6.36. The van der Waals surface area contributed by atoms with Crippen molar-refractivity contribution in [3.05, 3.63) is 29.8 Å². The van der Waals surface area contributed by atoms with Gasteiger partial charge in [0.25, 0.3) is 0 Å². The summed E-state index contributed by atoms with van der Waals surface area (Å²) in [5.74, 6) is -0.0181. The van der Waals surface area contributed by atoms with E-state index in [2.05, 4.69) is 0 Å². The zero-order valence-electron chi connectivity index (χ0n) is 11.6. The Morgan fingerprint density at radius 2 is 1.95 bits per heavy atom. The van der Waals surface area contributed by atoms with E-state index in [1.807, 2.05) is 31.2 Å². The number of amides is 1. The Kier molecular flexibility index (Phi) is 6.92. The summed E-state index contributed by atoms with van der Waals surface area (Å²) in [5.41, 5.74) is 7.41. The van der Waals surface area contributed by atoms with Gasteiger partial charge in [0.15, 0.2) is 0 Å². The van der Waals surface area contributed by atoms with Crippen molar-refractivity contribution in [1.82, 2.24) is 4.90 Å². The number of carbonyl (C=O) groups is 1. The van der Waals surface area contributed by atoms with Gasteiger partial charge >= 0.3 is 0 Å². The van der Waals surface area contributed by atoms with Gasteiger partial charge in [0.05, 0.1) is 13.2 Å². The highest BCUT2D eigenvalue weighted by Gasteiger charge is 2.12. The van der Waals surface area contributed by atoms with Crippen LogP contribution in [0.2, 0.25) is 0 Å². The molecule has 0 heterocycles. The summed E-state index contributed by atoms with van der Waals surface area (Å²) in [6.07, 6.45) is 0. The van der Waals surface area contributed by atoms with E-state index in [-0.39, 0.29) is 12.5 Å². The predicted molar refractivity (Wildman–Crippen MR) is 74.6 cm³/mol. The number of rotatable bonds is 8. The Labute approximate surface area is 114 Å². The molecule has 5 nitrogen and oxygen atoms in total. The molecule has 0 aliphatic heterocycles. The van der Waals surface area contributed by atoms with Gasteiger partial charge in [0.1, 0.15) is 6.61 Å². The summed E-state index contributed by atoms with van der Waals surface area (Å²) in [6, 6.07) is 7.53. The van der Waals surface area contributed by atoms with E-state index in [1.54, 1.807) is 12.0 Å². The molecule has 1 amide bonds. The molecule has 2 N–H and O–H groups in total. The summed E-state index contributed by atoms with van der Waals surface area (Å²) in [4.78, 5) is 13.7. The van der Waals surface area contributed by atoms with Crippen molar-refractivity contribution in [3.8, 4) is 0 Å². The second-order valence-corrected chi connectivity index (χ2v) is 4.19. The largest absolute Gasteiger partial charge is 0.399 e. The molecule has 0 unspecified atom stereocenters. The number of nitrogens with zero attached hydrogens (tertiary/aromatic N) is 1. The Balaban J connectivity index is 2.43. The van der Waals surface area contributed by atoms with Gasteiger partial charge < -0.3 is 20.1 Å². The van der Waals surface area contributed by atoms with Gasteiger partial charge in [0.2, 0.25) is 5.91 Å². The van der Waals surface area contributed by atoms with Crippen LogP contribution in [0, 0.1) is 0 Å². The third-order valence-corrected chi connectivity index (χ3v) is 2.74. The topological polar surface area (TPSA) is 64.8 Å².